The van der Waals surface area contributed by atoms with Crippen molar-refractivity contribution in [1.29, 1.82) is 0 Å². The maximum atomic E-state index is 11.7. The molecule has 0 saturated carbocycles. The molecular formula is C11H12Cl2N2O3. The van der Waals surface area contributed by atoms with Crippen LogP contribution in [0.4, 0.5) is 10.5 Å². The molecule has 1 aromatic rings. The largest absolute Gasteiger partial charge is 0.481 e. The molecule has 0 atom stereocenters. The molecule has 0 heterocycles. The van der Waals surface area contributed by atoms with Crippen LogP contribution in [0.15, 0.2) is 18.2 Å². The van der Waals surface area contributed by atoms with E-state index in [1.807, 2.05) is 0 Å². The van der Waals surface area contributed by atoms with Crippen LogP contribution in [0.2, 0.25) is 10.0 Å². The van der Waals surface area contributed by atoms with Crippen LogP contribution in [-0.4, -0.2) is 35.6 Å². The van der Waals surface area contributed by atoms with Crippen molar-refractivity contribution in [1.82, 2.24) is 4.90 Å². The summed E-state index contributed by atoms with van der Waals surface area (Å²) in [4.78, 5) is 23.3. The minimum absolute atomic E-state index is 0.106. The van der Waals surface area contributed by atoms with Crippen molar-refractivity contribution in [3.63, 3.8) is 0 Å². The number of nitrogens with zero attached hydrogens (tertiary/aromatic N) is 1. The minimum Gasteiger partial charge on any atom is -0.481 e. The minimum atomic E-state index is -0.954. The number of anilines is 1. The normalized spacial score (nSPS) is 9.94. The van der Waals surface area contributed by atoms with Gasteiger partial charge in [-0.2, -0.15) is 0 Å². The number of benzene rings is 1. The quantitative estimate of drug-likeness (QED) is 0.896. The van der Waals surface area contributed by atoms with E-state index < -0.39 is 12.0 Å². The van der Waals surface area contributed by atoms with E-state index in [0.29, 0.717) is 15.7 Å². The molecular weight excluding hydrogens is 279 g/mol. The van der Waals surface area contributed by atoms with E-state index in [9.17, 15) is 9.59 Å². The van der Waals surface area contributed by atoms with Crippen LogP contribution >= 0.6 is 23.2 Å². The average Bonchev–Trinajstić information content (AvgIpc) is 2.30. The molecule has 0 spiro atoms. The van der Waals surface area contributed by atoms with Crippen molar-refractivity contribution in [3.8, 4) is 0 Å². The van der Waals surface area contributed by atoms with E-state index in [2.05, 4.69) is 5.32 Å². The molecule has 5 nitrogen and oxygen atoms in total. The summed E-state index contributed by atoms with van der Waals surface area (Å²) in [6, 6.07) is 4.29. The summed E-state index contributed by atoms with van der Waals surface area (Å²) in [5.74, 6) is -0.954. The zero-order valence-corrected chi connectivity index (χ0v) is 11.1. The number of carbonyl (C=O) groups excluding carboxylic acids is 1. The summed E-state index contributed by atoms with van der Waals surface area (Å²) in [6.07, 6.45) is -0.106. The van der Waals surface area contributed by atoms with Crippen molar-refractivity contribution in [2.45, 2.75) is 6.42 Å². The van der Waals surface area contributed by atoms with Gasteiger partial charge < -0.3 is 15.3 Å². The molecule has 7 heteroatoms. The predicted molar refractivity (Wildman–Crippen MR) is 70.4 cm³/mol. The van der Waals surface area contributed by atoms with Crippen LogP contribution in [0.5, 0.6) is 0 Å². The molecule has 0 bridgehead atoms. The van der Waals surface area contributed by atoms with Gasteiger partial charge in [0.05, 0.1) is 16.5 Å². The second-order valence-corrected chi connectivity index (χ2v) is 4.44. The van der Waals surface area contributed by atoms with Crippen molar-refractivity contribution in [3.05, 3.63) is 28.2 Å². The first-order valence-corrected chi connectivity index (χ1v) is 5.84. The van der Waals surface area contributed by atoms with E-state index in [1.54, 1.807) is 12.1 Å². The molecule has 98 valence electrons. The highest BCUT2D eigenvalue weighted by atomic mass is 35.5. The summed E-state index contributed by atoms with van der Waals surface area (Å²) < 4.78 is 0. The molecule has 0 radical (unpaired) electrons. The number of aliphatic carboxylic acids is 1. The highest BCUT2D eigenvalue weighted by molar-refractivity contribution is 6.42. The fraction of sp³-hybridized carbons (Fsp3) is 0.273. The number of carboxylic acids is 1. The number of rotatable bonds is 4. The molecule has 2 amide bonds. The van der Waals surface area contributed by atoms with Gasteiger partial charge in [-0.05, 0) is 18.2 Å². The van der Waals surface area contributed by atoms with Crippen molar-refractivity contribution in [2.24, 2.45) is 0 Å². The summed E-state index contributed by atoms with van der Waals surface area (Å²) in [5.41, 5.74) is 0.497. The van der Waals surface area contributed by atoms with Gasteiger partial charge in [0.25, 0.3) is 0 Å². The predicted octanol–water partition coefficient (Wildman–Crippen LogP) is 2.93. The van der Waals surface area contributed by atoms with Crippen LogP contribution in [0.1, 0.15) is 6.42 Å². The van der Waals surface area contributed by atoms with Crippen LogP contribution in [0.3, 0.4) is 0 Å². The van der Waals surface area contributed by atoms with Crippen LogP contribution in [0.25, 0.3) is 0 Å². The summed E-state index contributed by atoms with van der Waals surface area (Å²) in [7, 11) is 1.51. The number of halogens is 2. The summed E-state index contributed by atoms with van der Waals surface area (Å²) >= 11 is 11.5. The molecule has 0 saturated heterocycles. The Morgan fingerprint density at radius 2 is 2.00 bits per heavy atom. The lowest BCUT2D eigenvalue weighted by atomic mass is 10.3. The van der Waals surface area contributed by atoms with Gasteiger partial charge in [-0.1, -0.05) is 23.2 Å². The van der Waals surface area contributed by atoms with E-state index >= 15 is 0 Å². The number of carboxylic acid groups (broad SMARTS) is 1. The summed E-state index contributed by atoms with van der Waals surface area (Å²) in [5, 5.41) is 11.8. The Bertz CT molecular complexity index is 466. The SMILES string of the molecule is CN(CCC(=O)O)C(=O)Nc1ccc(Cl)c(Cl)c1. The third-order valence-electron chi connectivity index (χ3n) is 2.18. The van der Waals surface area contributed by atoms with Crippen molar-refractivity contribution in [2.75, 3.05) is 18.9 Å². The Labute approximate surface area is 114 Å². The first kappa shape index (κ1) is 14.6. The highest BCUT2D eigenvalue weighted by Gasteiger charge is 2.10. The number of hydrogen-bond acceptors (Lipinski definition) is 2. The third-order valence-corrected chi connectivity index (χ3v) is 2.92. The number of carbonyl (C=O) groups is 2. The van der Waals surface area contributed by atoms with Gasteiger partial charge in [-0.25, -0.2) is 4.79 Å². The van der Waals surface area contributed by atoms with Gasteiger partial charge in [0.1, 0.15) is 0 Å². The van der Waals surface area contributed by atoms with Gasteiger partial charge in [0.2, 0.25) is 0 Å². The molecule has 1 rings (SSSR count). The molecule has 0 unspecified atom stereocenters. The Morgan fingerprint density at radius 1 is 1.33 bits per heavy atom. The molecule has 0 fully saturated rings. The monoisotopic (exact) mass is 290 g/mol. The van der Waals surface area contributed by atoms with Crippen LogP contribution < -0.4 is 5.32 Å². The number of amides is 2. The fourth-order valence-corrected chi connectivity index (χ4v) is 1.46. The second kappa shape index (κ2) is 6.47. The van der Waals surface area contributed by atoms with E-state index in [4.69, 9.17) is 28.3 Å². The Balaban J connectivity index is 2.58. The molecule has 1 aromatic carbocycles. The first-order valence-electron chi connectivity index (χ1n) is 5.09. The third kappa shape index (κ3) is 4.43. The standard InChI is InChI=1S/C11H12Cl2N2O3/c1-15(5-4-10(16)17)11(18)14-7-2-3-8(12)9(13)6-7/h2-3,6H,4-5H2,1H3,(H,14,18)(H,16,17). The lowest BCUT2D eigenvalue weighted by Gasteiger charge is -2.17. The second-order valence-electron chi connectivity index (χ2n) is 3.62. The molecule has 2 N–H and O–H groups in total. The Morgan fingerprint density at radius 3 is 2.56 bits per heavy atom. The lowest BCUT2D eigenvalue weighted by Crippen LogP contribution is -2.33. The lowest BCUT2D eigenvalue weighted by molar-refractivity contribution is -0.137. The van der Waals surface area contributed by atoms with Crippen molar-refractivity contribution < 1.29 is 14.7 Å². The molecule has 0 aliphatic heterocycles. The van der Waals surface area contributed by atoms with Crippen LogP contribution in [-0.2, 0) is 4.79 Å². The van der Waals surface area contributed by atoms with E-state index in [1.165, 1.54) is 18.0 Å². The molecule has 0 aliphatic rings. The van der Waals surface area contributed by atoms with E-state index in [0.717, 1.165) is 0 Å². The smallest absolute Gasteiger partial charge is 0.321 e. The first-order chi connectivity index (χ1) is 8.40. The van der Waals surface area contributed by atoms with Gasteiger partial charge >= 0.3 is 12.0 Å². The molecule has 0 aromatic heterocycles. The topological polar surface area (TPSA) is 69.6 Å². The van der Waals surface area contributed by atoms with Gasteiger partial charge in [0.15, 0.2) is 0 Å². The van der Waals surface area contributed by atoms with Gasteiger partial charge in [-0.15, -0.1) is 0 Å². The Kier molecular flexibility index (Phi) is 5.25. The van der Waals surface area contributed by atoms with Gasteiger partial charge in [-0.3, -0.25) is 4.79 Å². The maximum absolute atomic E-state index is 11.7. The molecule has 0 aliphatic carbocycles. The molecule has 18 heavy (non-hydrogen) atoms. The number of hydrogen-bond donors (Lipinski definition) is 2. The van der Waals surface area contributed by atoms with Crippen molar-refractivity contribution >= 4 is 40.9 Å². The van der Waals surface area contributed by atoms with E-state index in [-0.39, 0.29) is 13.0 Å². The average molecular weight is 291 g/mol. The highest BCUT2D eigenvalue weighted by Crippen LogP contribution is 2.25. The Hall–Kier alpha value is -1.46. The zero-order valence-electron chi connectivity index (χ0n) is 9.61. The summed E-state index contributed by atoms with van der Waals surface area (Å²) in [6.45, 7) is 0.127. The number of urea groups is 1. The maximum Gasteiger partial charge on any atom is 0.321 e. The fourth-order valence-electron chi connectivity index (χ4n) is 1.16. The van der Waals surface area contributed by atoms with Crippen LogP contribution in [0, 0.1) is 0 Å². The van der Waals surface area contributed by atoms with Gasteiger partial charge in [0, 0.05) is 19.3 Å². The number of nitrogens with one attached hydrogen (secondary N) is 1. The zero-order chi connectivity index (χ0) is 13.7.